The lowest BCUT2D eigenvalue weighted by atomic mass is 10.0. The second-order valence-corrected chi connectivity index (χ2v) is 9.22. The Hall–Kier alpha value is -2.53. The zero-order valence-corrected chi connectivity index (χ0v) is 20.0. The summed E-state index contributed by atoms with van der Waals surface area (Å²) in [4.78, 5) is 27.9. The number of aryl methyl sites for hydroxylation is 2. The molecule has 1 atom stereocenters. The number of benzene rings is 2. The van der Waals surface area contributed by atoms with Crippen LogP contribution in [0.2, 0.25) is 5.02 Å². The minimum atomic E-state index is -0.595. The summed E-state index contributed by atoms with van der Waals surface area (Å²) in [6.07, 6.45) is 0.500. The van der Waals surface area contributed by atoms with Crippen molar-refractivity contribution in [1.29, 1.82) is 0 Å². The first-order chi connectivity index (χ1) is 14.5. The maximum Gasteiger partial charge on any atom is 0.261 e. The van der Waals surface area contributed by atoms with Gasteiger partial charge in [0.05, 0.1) is 0 Å². The van der Waals surface area contributed by atoms with Gasteiger partial charge in [0, 0.05) is 17.1 Å². The number of hydrogen-bond acceptors (Lipinski definition) is 3. The van der Waals surface area contributed by atoms with E-state index in [0.29, 0.717) is 23.7 Å². The molecule has 0 saturated carbocycles. The summed E-state index contributed by atoms with van der Waals surface area (Å²) in [7, 11) is 0. The summed E-state index contributed by atoms with van der Waals surface area (Å²) in [6.45, 7) is 11.8. The SMILES string of the molecule is CC[C@H](C(=O)NC(C)(C)C)N(Cc1ccccc1C)C(=O)COc1ccc(Cl)c(C)c1. The van der Waals surface area contributed by atoms with E-state index in [0.717, 1.165) is 16.7 Å². The molecule has 168 valence electrons. The molecule has 2 amide bonds. The number of amides is 2. The lowest BCUT2D eigenvalue weighted by Crippen LogP contribution is -2.54. The topological polar surface area (TPSA) is 58.6 Å². The van der Waals surface area contributed by atoms with Crippen LogP contribution in [0, 0.1) is 13.8 Å². The van der Waals surface area contributed by atoms with Crippen molar-refractivity contribution < 1.29 is 14.3 Å². The molecule has 0 saturated heterocycles. The normalized spacial score (nSPS) is 12.2. The van der Waals surface area contributed by atoms with Crippen LogP contribution in [0.3, 0.4) is 0 Å². The molecule has 2 aromatic carbocycles. The Balaban J connectivity index is 2.26. The van der Waals surface area contributed by atoms with Gasteiger partial charge in [0.2, 0.25) is 5.91 Å². The number of halogens is 1. The van der Waals surface area contributed by atoms with Crippen molar-refractivity contribution in [3.05, 3.63) is 64.2 Å². The van der Waals surface area contributed by atoms with E-state index in [-0.39, 0.29) is 24.0 Å². The lowest BCUT2D eigenvalue weighted by molar-refractivity contribution is -0.143. The van der Waals surface area contributed by atoms with Gasteiger partial charge in [0.25, 0.3) is 5.91 Å². The highest BCUT2D eigenvalue weighted by Gasteiger charge is 2.31. The third-order valence-corrected chi connectivity index (χ3v) is 5.40. The third-order valence-electron chi connectivity index (χ3n) is 4.98. The average Bonchev–Trinajstić information content (AvgIpc) is 2.68. The number of ether oxygens (including phenoxy) is 1. The minimum Gasteiger partial charge on any atom is -0.484 e. The molecule has 5 nitrogen and oxygen atoms in total. The number of rotatable bonds is 8. The summed E-state index contributed by atoms with van der Waals surface area (Å²) in [5.74, 6) is 0.157. The monoisotopic (exact) mass is 444 g/mol. The zero-order chi connectivity index (χ0) is 23.2. The Labute approximate surface area is 190 Å². The standard InChI is InChI=1S/C25H33ClN2O3/c1-7-22(24(30)27-25(4,5)6)28(15-19-11-9-8-10-17(19)2)23(29)16-31-20-12-13-21(26)18(3)14-20/h8-14,22H,7,15-16H2,1-6H3,(H,27,30)/t22-/m1/s1. The molecule has 0 unspecified atom stereocenters. The summed E-state index contributed by atoms with van der Waals surface area (Å²) in [5, 5.41) is 3.65. The molecule has 0 radical (unpaired) electrons. The van der Waals surface area contributed by atoms with Gasteiger partial charge in [-0.05, 0) is 75.9 Å². The van der Waals surface area contributed by atoms with Crippen molar-refractivity contribution in [2.45, 2.75) is 66.1 Å². The third kappa shape index (κ3) is 7.28. The van der Waals surface area contributed by atoms with Crippen LogP contribution in [0.15, 0.2) is 42.5 Å². The van der Waals surface area contributed by atoms with E-state index in [4.69, 9.17) is 16.3 Å². The van der Waals surface area contributed by atoms with Crippen LogP contribution in [-0.2, 0) is 16.1 Å². The number of hydrogen-bond donors (Lipinski definition) is 1. The molecule has 0 bridgehead atoms. The van der Waals surface area contributed by atoms with Gasteiger partial charge in [0.15, 0.2) is 6.61 Å². The largest absolute Gasteiger partial charge is 0.484 e. The highest BCUT2D eigenvalue weighted by Crippen LogP contribution is 2.22. The fourth-order valence-corrected chi connectivity index (χ4v) is 3.40. The van der Waals surface area contributed by atoms with Gasteiger partial charge in [-0.1, -0.05) is 42.8 Å². The predicted octanol–water partition coefficient (Wildman–Crippen LogP) is 5.06. The molecule has 0 fully saturated rings. The minimum absolute atomic E-state index is 0.160. The first kappa shape index (κ1) is 24.7. The molecule has 2 aromatic rings. The van der Waals surface area contributed by atoms with Crippen LogP contribution < -0.4 is 10.1 Å². The van der Waals surface area contributed by atoms with Gasteiger partial charge in [-0.2, -0.15) is 0 Å². The molecule has 0 aliphatic carbocycles. The molecule has 1 N–H and O–H groups in total. The molecule has 0 aliphatic heterocycles. The van der Waals surface area contributed by atoms with Gasteiger partial charge in [0.1, 0.15) is 11.8 Å². The van der Waals surface area contributed by atoms with E-state index in [1.54, 1.807) is 23.1 Å². The van der Waals surface area contributed by atoms with Crippen molar-refractivity contribution >= 4 is 23.4 Å². The molecule has 6 heteroatoms. The molecule has 2 rings (SSSR count). The van der Waals surface area contributed by atoms with Crippen molar-refractivity contribution in [3.8, 4) is 5.75 Å². The van der Waals surface area contributed by atoms with E-state index >= 15 is 0 Å². The Kier molecular flexibility index (Phi) is 8.52. The fourth-order valence-electron chi connectivity index (χ4n) is 3.28. The second kappa shape index (κ2) is 10.7. The van der Waals surface area contributed by atoms with Crippen LogP contribution in [0.1, 0.15) is 50.8 Å². The van der Waals surface area contributed by atoms with E-state index < -0.39 is 6.04 Å². The van der Waals surface area contributed by atoms with Crippen LogP contribution in [-0.4, -0.2) is 34.9 Å². The van der Waals surface area contributed by atoms with E-state index in [1.807, 2.05) is 65.8 Å². The molecule has 0 aromatic heterocycles. The summed E-state index contributed by atoms with van der Waals surface area (Å²) >= 11 is 6.07. The highest BCUT2D eigenvalue weighted by molar-refractivity contribution is 6.31. The van der Waals surface area contributed by atoms with Gasteiger partial charge in [-0.25, -0.2) is 0 Å². The van der Waals surface area contributed by atoms with Crippen LogP contribution in [0.5, 0.6) is 5.75 Å². The van der Waals surface area contributed by atoms with Gasteiger partial charge < -0.3 is 15.0 Å². The van der Waals surface area contributed by atoms with Crippen LogP contribution in [0.25, 0.3) is 0 Å². The van der Waals surface area contributed by atoms with Crippen molar-refractivity contribution in [3.63, 3.8) is 0 Å². The number of carbonyl (C=O) groups is 2. The quantitative estimate of drug-likeness (QED) is 0.619. The number of nitrogens with zero attached hydrogens (tertiary/aromatic N) is 1. The Morgan fingerprint density at radius 3 is 2.35 bits per heavy atom. The number of nitrogens with one attached hydrogen (secondary N) is 1. The zero-order valence-electron chi connectivity index (χ0n) is 19.3. The average molecular weight is 445 g/mol. The van der Waals surface area contributed by atoms with E-state index in [9.17, 15) is 9.59 Å². The van der Waals surface area contributed by atoms with Crippen LogP contribution in [0.4, 0.5) is 0 Å². The Morgan fingerprint density at radius 2 is 1.77 bits per heavy atom. The smallest absolute Gasteiger partial charge is 0.261 e. The summed E-state index contributed by atoms with van der Waals surface area (Å²) in [5.41, 5.74) is 2.55. The maximum atomic E-state index is 13.2. The molecule has 31 heavy (non-hydrogen) atoms. The Bertz CT molecular complexity index is 921. The summed E-state index contributed by atoms with van der Waals surface area (Å²) in [6, 6.07) is 12.6. The molecule has 0 spiro atoms. The van der Waals surface area contributed by atoms with Gasteiger partial charge in [-0.3, -0.25) is 9.59 Å². The van der Waals surface area contributed by atoms with Gasteiger partial charge in [-0.15, -0.1) is 0 Å². The van der Waals surface area contributed by atoms with Crippen molar-refractivity contribution in [2.75, 3.05) is 6.61 Å². The molecule has 0 aliphatic rings. The van der Waals surface area contributed by atoms with Crippen molar-refractivity contribution in [1.82, 2.24) is 10.2 Å². The fraction of sp³-hybridized carbons (Fsp3) is 0.440. The molecular weight excluding hydrogens is 412 g/mol. The Morgan fingerprint density at radius 1 is 1.10 bits per heavy atom. The lowest BCUT2D eigenvalue weighted by Gasteiger charge is -2.33. The van der Waals surface area contributed by atoms with Crippen LogP contribution >= 0.6 is 11.6 Å². The summed E-state index contributed by atoms with van der Waals surface area (Å²) < 4.78 is 5.75. The maximum absolute atomic E-state index is 13.2. The highest BCUT2D eigenvalue weighted by atomic mass is 35.5. The predicted molar refractivity (Wildman–Crippen MR) is 125 cm³/mol. The van der Waals surface area contributed by atoms with E-state index in [1.165, 1.54) is 0 Å². The first-order valence-electron chi connectivity index (χ1n) is 10.6. The molecular formula is C25H33ClN2O3. The van der Waals surface area contributed by atoms with Crippen molar-refractivity contribution in [2.24, 2.45) is 0 Å². The number of carbonyl (C=O) groups excluding carboxylic acids is 2. The first-order valence-corrected chi connectivity index (χ1v) is 10.9. The molecule has 0 heterocycles. The van der Waals surface area contributed by atoms with Gasteiger partial charge >= 0.3 is 0 Å². The van der Waals surface area contributed by atoms with E-state index in [2.05, 4.69) is 5.32 Å². The second-order valence-electron chi connectivity index (χ2n) is 8.81.